The molecule has 1 amide bonds. The number of hydrogen-bond donors (Lipinski definition) is 1. The molecule has 0 saturated heterocycles. The highest BCUT2D eigenvalue weighted by Crippen LogP contribution is 2.28. The lowest BCUT2D eigenvalue weighted by molar-refractivity contribution is -0.136. The van der Waals surface area contributed by atoms with Gasteiger partial charge in [-0.2, -0.15) is 0 Å². The summed E-state index contributed by atoms with van der Waals surface area (Å²) in [6, 6.07) is 10.5. The lowest BCUT2D eigenvalue weighted by Crippen LogP contribution is -2.25. The number of benzene rings is 2. The molecule has 132 valence electrons. The predicted molar refractivity (Wildman–Crippen MR) is 91.3 cm³/mol. The summed E-state index contributed by atoms with van der Waals surface area (Å²) in [5.74, 6) is -1.53. The zero-order valence-electron chi connectivity index (χ0n) is 13.5. The van der Waals surface area contributed by atoms with E-state index in [1.54, 1.807) is 12.1 Å². The number of ketones is 1. The van der Waals surface area contributed by atoms with E-state index >= 15 is 0 Å². The maximum atomic E-state index is 13.4. The Morgan fingerprint density at radius 1 is 1.23 bits per heavy atom. The van der Waals surface area contributed by atoms with E-state index in [-0.39, 0.29) is 23.6 Å². The first kappa shape index (κ1) is 17.3. The minimum Gasteiger partial charge on any atom is -0.482 e. The minimum atomic E-state index is -0.767. The van der Waals surface area contributed by atoms with Crippen molar-refractivity contribution in [3.05, 3.63) is 65.5 Å². The molecule has 1 heterocycles. The molecule has 0 unspecified atom stereocenters. The predicted octanol–water partition coefficient (Wildman–Crippen LogP) is 2.60. The maximum absolute atomic E-state index is 13.4. The van der Waals surface area contributed by atoms with E-state index in [2.05, 4.69) is 5.32 Å². The second-order valence-corrected chi connectivity index (χ2v) is 5.43. The number of anilines is 1. The largest absolute Gasteiger partial charge is 0.482 e. The lowest BCUT2D eigenvalue weighted by atomic mass is 10.1. The Balaban J connectivity index is 1.59. The second kappa shape index (κ2) is 7.60. The fourth-order valence-electron chi connectivity index (χ4n) is 2.29. The third kappa shape index (κ3) is 4.13. The van der Waals surface area contributed by atoms with E-state index in [0.717, 1.165) is 6.08 Å². The molecule has 0 saturated carbocycles. The smallest absolute Gasteiger partial charge is 0.331 e. The Hall–Kier alpha value is -3.48. The molecule has 1 aliphatic heterocycles. The van der Waals surface area contributed by atoms with Gasteiger partial charge in [0.1, 0.15) is 11.6 Å². The SMILES string of the molecule is O=C1COc2ccc(C(=O)COC(=O)/C=C/c3ccccc3F)cc2N1. The zero-order chi connectivity index (χ0) is 18.5. The number of Topliss-reactive ketones (excluding diaryl/α,β-unsaturated/α-hetero) is 1. The Labute approximate surface area is 148 Å². The zero-order valence-corrected chi connectivity index (χ0v) is 13.5. The molecule has 26 heavy (non-hydrogen) atoms. The van der Waals surface area contributed by atoms with Crippen molar-refractivity contribution in [1.29, 1.82) is 0 Å². The first-order valence-corrected chi connectivity index (χ1v) is 7.72. The van der Waals surface area contributed by atoms with Gasteiger partial charge in [-0.1, -0.05) is 18.2 Å². The highest BCUT2D eigenvalue weighted by molar-refractivity contribution is 6.02. The lowest BCUT2D eigenvalue weighted by Gasteiger charge is -2.18. The van der Waals surface area contributed by atoms with Crippen molar-refractivity contribution in [2.45, 2.75) is 0 Å². The van der Waals surface area contributed by atoms with Crippen LogP contribution in [0.4, 0.5) is 10.1 Å². The van der Waals surface area contributed by atoms with E-state index in [4.69, 9.17) is 9.47 Å². The third-order valence-corrected chi connectivity index (χ3v) is 3.58. The van der Waals surface area contributed by atoms with Gasteiger partial charge in [-0.25, -0.2) is 9.18 Å². The van der Waals surface area contributed by atoms with Gasteiger partial charge in [0.25, 0.3) is 5.91 Å². The van der Waals surface area contributed by atoms with Gasteiger partial charge in [0.2, 0.25) is 0 Å². The fraction of sp³-hybridized carbons (Fsp3) is 0.105. The summed E-state index contributed by atoms with van der Waals surface area (Å²) in [6.07, 6.45) is 2.32. The molecular weight excluding hydrogens is 341 g/mol. The topological polar surface area (TPSA) is 81.7 Å². The minimum absolute atomic E-state index is 0.0771. The number of fused-ring (bicyclic) bond motifs is 1. The number of carbonyl (C=O) groups is 3. The molecule has 0 spiro atoms. The Kier molecular flexibility index (Phi) is 5.07. The molecule has 6 nitrogen and oxygen atoms in total. The van der Waals surface area contributed by atoms with Gasteiger partial charge in [0.05, 0.1) is 5.69 Å². The van der Waals surface area contributed by atoms with Crippen molar-refractivity contribution in [2.24, 2.45) is 0 Å². The van der Waals surface area contributed by atoms with Crippen molar-refractivity contribution >= 4 is 29.4 Å². The second-order valence-electron chi connectivity index (χ2n) is 5.43. The molecular formula is C19H14FNO5. The van der Waals surface area contributed by atoms with Crippen LogP contribution in [0, 0.1) is 5.82 Å². The Morgan fingerprint density at radius 2 is 2.04 bits per heavy atom. The van der Waals surface area contributed by atoms with Crippen LogP contribution >= 0.6 is 0 Å². The summed E-state index contributed by atoms with van der Waals surface area (Å²) < 4.78 is 23.5. The molecule has 1 N–H and O–H groups in total. The normalized spacial score (nSPS) is 12.9. The standard InChI is InChI=1S/C19H14FNO5/c20-14-4-2-1-3-12(14)6-8-19(24)26-10-16(22)13-5-7-17-15(9-13)21-18(23)11-25-17/h1-9H,10-11H2,(H,21,23)/b8-6+. The summed E-state index contributed by atoms with van der Waals surface area (Å²) >= 11 is 0. The molecule has 3 rings (SSSR count). The van der Waals surface area contributed by atoms with E-state index in [9.17, 15) is 18.8 Å². The number of rotatable bonds is 5. The molecule has 0 fully saturated rings. The van der Waals surface area contributed by atoms with Crippen LogP contribution in [0.1, 0.15) is 15.9 Å². The fourth-order valence-corrected chi connectivity index (χ4v) is 2.29. The van der Waals surface area contributed by atoms with Crippen LogP contribution in [0.2, 0.25) is 0 Å². The number of halogens is 1. The van der Waals surface area contributed by atoms with Crippen LogP contribution in [0.25, 0.3) is 6.08 Å². The van der Waals surface area contributed by atoms with Gasteiger partial charge in [-0.3, -0.25) is 9.59 Å². The molecule has 0 aromatic heterocycles. The van der Waals surface area contributed by atoms with Crippen molar-refractivity contribution in [2.75, 3.05) is 18.5 Å². The molecule has 0 aliphatic carbocycles. The average molecular weight is 355 g/mol. The summed E-state index contributed by atoms with van der Waals surface area (Å²) in [5, 5.41) is 2.59. The van der Waals surface area contributed by atoms with Crippen LogP contribution in [-0.4, -0.2) is 30.9 Å². The molecule has 0 bridgehead atoms. The Bertz CT molecular complexity index is 907. The van der Waals surface area contributed by atoms with E-state index in [1.807, 2.05) is 0 Å². The van der Waals surface area contributed by atoms with Crippen molar-refractivity contribution in [3.63, 3.8) is 0 Å². The Morgan fingerprint density at radius 3 is 2.85 bits per heavy atom. The van der Waals surface area contributed by atoms with Gasteiger partial charge < -0.3 is 14.8 Å². The average Bonchev–Trinajstić information content (AvgIpc) is 2.64. The number of amides is 1. The number of nitrogens with one attached hydrogen (secondary N) is 1. The van der Waals surface area contributed by atoms with Crippen LogP contribution in [0.5, 0.6) is 5.75 Å². The highest BCUT2D eigenvalue weighted by atomic mass is 19.1. The summed E-state index contributed by atoms with van der Waals surface area (Å²) in [6.45, 7) is -0.555. The number of carbonyl (C=O) groups excluding carboxylic acids is 3. The van der Waals surface area contributed by atoms with Crippen LogP contribution in [0.3, 0.4) is 0 Å². The van der Waals surface area contributed by atoms with Gasteiger partial charge in [0.15, 0.2) is 19.0 Å². The van der Waals surface area contributed by atoms with Gasteiger partial charge in [-0.05, 0) is 30.3 Å². The molecule has 1 aliphatic rings. The number of hydrogen-bond acceptors (Lipinski definition) is 5. The molecule has 0 radical (unpaired) electrons. The van der Waals surface area contributed by atoms with Crippen molar-refractivity contribution in [3.8, 4) is 5.75 Å². The molecule has 7 heteroatoms. The highest BCUT2D eigenvalue weighted by Gasteiger charge is 2.18. The van der Waals surface area contributed by atoms with Crippen molar-refractivity contribution in [1.82, 2.24) is 0 Å². The van der Waals surface area contributed by atoms with E-state index in [1.165, 1.54) is 36.4 Å². The van der Waals surface area contributed by atoms with Gasteiger partial charge >= 0.3 is 5.97 Å². The van der Waals surface area contributed by atoms with E-state index < -0.39 is 24.2 Å². The molecule has 0 atom stereocenters. The van der Waals surface area contributed by atoms with Gasteiger partial charge in [-0.15, -0.1) is 0 Å². The van der Waals surface area contributed by atoms with Crippen LogP contribution in [-0.2, 0) is 14.3 Å². The van der Waals surface area contributed by atoms with Crippen molar-refractivity contribution < 1.29 is 28.2 Å². The number of esters is 1. The summed E-state index contributed by atoms with van der Waals surface area (Å²) in [7, 11) is 0. The summed E-state index contributed by atoms with van der Waals surface area (Å²) in [5.41, 5.74) is 0.888. The monoisotopic (exact) mass is 355 g/mol. The van der Waals surface area contributed by atoms with Crippen LogP contribution < -0.4 is 10.1 Å². The van der Waals surface area contributed by atoms with Gasteiger partial charge in [0, 0.05) is 17.2 Å². The molecule has 2 aromatic carbocycles. The quantitative estimate of drug-likeness (QED) is 0.506. The first-order chi connectivity index (χ1) is 12.5. The van der Waals surface area contributed by atoms with Crippen LogP contribution in [0.15, 0.2) is 48.5 Å². The number of ether oxygens (including phenoxy) is 2. The summed E-state index contributed by atoms with van der Waals surface area (Å²) in [4.78, 5) is 35.1. The molecule has 2 aromatic rings. The van der Waals surface area contributed by atoms with E-state index in [0.29, 0.717) is 11.4 Å². The maximum Gasteiger partial charge on any atom is 0.331 e. The third-order valence-electron chi connectivity index (χ3n) is 3.58. The first-order valence-electron chi connectivity index (χ1n) is 7.72.